The molecule has 0 aliphatic heterocycles. The van der Waals surface area contributed by atoms with Gasteiger partial charge in [0.15, 0.2) is 0 Å². The molecular weight excluding hydrogens is 180 g/mol. The number of aryl methyl sites for hydroxylation is 2. The highest BCUT2D eigenvalue weighted by Crippen LogP contribution is 2.13. The highest BCUT2D eigenvalue weighted by Gasteiger charge is 2.10. The van der Waals surface area contributed by atoms with E-state index in [0.29, 0.717) is 6.61 Å². The van der Waals surface area contributed by atoms with Crippen LogP contribution in [0.1, 0.15) is 23.9 Å². The van der Waals surface area contributed by atoms with Gasteiger partial charge in [0.05, 0.1) is 18.4 Å². The number of hydrogen-bond donors (Lipinski definition) is 1. The van der Waals surface area contributed by atoms with Crippen molar-refractivity contribution in [2.45, 2.75) is 33.5 Å². The average Bonchev–Trinajstić information content (AvgIpc) is 2.44. The van der Waals surface area contributed by atoms with E-state index < -0.39 is 0 Å². The predicted octanol–water partition coefficient (Wildman–Crippen LogP) is 1.42. The Labute approximate surface area is 84.6 Å². The van der Waals surface area contributed by atoms with Gasteiger partial charge in [-0.15, -0.1) is 0 Å². The fraction of sp³-hybridized carbons (Fsp3) is 0.700. The Morgan fingerprint density at radius 3 is 2.71 bits per heavy atom. The summed E-state index contributed by atoms with van der Waals surface area (Å²) in [6.45, 7) is 7.29. The third-order valence-corrected chi connectivity index (χ3v) is 2.18. The first-order valence-electron chi connectivity index (χ1n) is 4.83. The lowest BCUT2D eigenvalue weighted by atomic mass is 10.2. The molecular formula is C10H18N2O2. The van der Waals surface area contributed by atoms with E-state index in [0.717, 1.165) is 23.6 Å². The van der Waals surface area contributed by atoms with Crippen LogP contribution in [0, 0.1) is 13.8 Å². The van der Waals surface area contributed by atoms with Crippen molar-refractivity contribution in [3.63, 3.8) is 0 Å². The second kappa shape index (κ2) is 5.12. The molecule has 4 nitrogen and oxygen atoms in total. The van der Waals surface area contributed by atoms with Crippen LogP contribution < -0.4 is 5.32 Å². The first-order chi connectivity index (χ1) is 6.65. The minimum atomic E-state index is 0.202. The number of likely N-dealkylation sites (N-methyl/N-ethyl adjacent to an activating group) is 1. The number of rotatable bonds is 5. The van der Waals surface area contributed by atoms with Crippen LogP contribution in [-0.2, 0) is 11.3 Å². The summed E-state index contributed by atoms with van der Waals surface area (Å²) in [7, 11) is 1.91. The van der Waals surface area contributed by atoms with Gasteiger partial charge < -0.3 is 14.6 Å². The van der Waals surface area contributed by atoms with Gasteiger partial charge in [-0.25, -0.2) is 0 Å². The van der Waals surface area contributed by atoms with E-state index in [1.54, 1.807) is 0 Å². The van der Waals surface area contributed by atoms with E-state index in [4.69, 9.17) is 9.26 Å². The third kappa shape index (κ3) is 2.82. The van der Waals surface area contributed by atoms with Crippen LogP contribution in [0.3, 0.4) is 0 Å². The summed E-state index contributed by atoms with van der Waals surface area (Å²) in [5.41, 5.74) is 1.98. The van der Waals surface area contributed by atoms with Crippen molar-refractivity contribution in [1.82, 2.24) is 10.5 Å². The molecule has 1 unspecified atom stereocenters. The van der Waals surface area contributed by atoms with Gasteiger partial charge in [-0.2, -0.15) is 0 Å². The molecule has 4 heteroatoms. The standard InChI is InChI=1S/C10H18N2O2/c1-7(5-11-4)13-6-10-8(2)12-14-9(10)3/h7,11H,5-6H2,1-4H3. The number of hydrogen-bond acceptors (Lipinski definition) is 4. The summed E-state index contributed by atoms with van der Waals surface area (Å²) in [6.07, 6.45) is 0.202. The smallest absolute Gasteiger partial charge is 0.139 e. The molecule has 0 aliphatic carbocycles. The maximum absolute atomic E-state index is 5.63. The van der Waals surface area contributed by atoms with Gasteiger partial charge in [-0.1, -0.05) is 5.16 Å². The van der Waals surface area contributed by atoms with Gasteiger partial charge in [0, 0.05) is 12.1 Å². The molecule has 0 amide bonds. The zero-order valence-corrected chi connectivity index (χ0v) is 9.26. The van der Waals surface area contributed by atoms with E-state index in [2.05, 4.69) is 10.5 Å². The summed E-state index contributed by atoms with van der Waals surface area (Å²) in [4.78, 5) is 0. The second-order valence-corrected chi connectivity index (χ2v) is 3.48. The van der Waals surface area contributed by atoms with Crippen molar-refractivity contribution in [2.75, 3.05) is 13.6 Å². The molecule has 1 N–H and O–H groups in total. The Balaban J connectivity index is 2.45. The Kier molecular flexibility index (Phi) is 4.10. The Morgan fingerprint density at radius 1 is 1.50 bits per heavy atom. The van der Waals surface area contributed by atoms with Crippen molar-refractivity contribution in [3.05, 3.63) is 17.0 Å². The van der Waals surface area contributed by atoms with Crippen LogP contribution in [-0.4, -0.2) is 24.9 Å². The molecule has 1 heterocycles. The van der Waals surface area contributed by atoms with Crippen LogP contribution in [0.25, 0.3) is 0 Å². The molecule has 1 aromatic heterocycles. The zero-order chi connectivity index (χ0) is 10.6. The molecule has 0 radical (unpaired) electrons. The summed E-state index contributed by atoms with van der Waals surface area (Å²) in [5, 5.41) is 6.93. The molecule has 80 valence electrons. The Bertz CT molecular complexity index is 264. The van der Waals surface area contributed by atoms with Gasteiger partial charge in [0.2, 0.25) is 0 Å². The molecule has 0 aromatic carbocycles. The molecule has 0 fully saturated rings. The zero-order valence-electron chi connectivity index (χ0n) is 9.26. The van der Waals surface area contributed by atoms with Gasteiger partial charge in [-0.3, -0.25) is 0 Å². The number of aromatic nitrogens is 1. The lowest BCUT2D eigenvalue weighted by Crippen LogP contribution is -2.23. The molecule has 0 aliphatic rings. The molecule has 1 atom stereocenters. The monoisotopic (exact) mass is 198 g/mol. The van der Waals surface area contributed by atoms with Crippen LogP contribution in [0.2, 0.25) is 0 Å². The lowest BCUT2D eigenvalue weighted by Gasteiger charge is -2.11. The molecule has 0 saturated carbocycles. The minimum Gasteiger partial charge on any atom is -0.372 e. The van der Waals surface area contributed by atoms with E-state index in [9.17, 15) is 0 Å². The highest BCUT2D eigenvalue weighted by atomic mass is 16.5. The minimum absolute atomic E-state index is 0.202. The predicted molar refractivity (Wildman–Crippen MR) is 54.2 cm³/mol. The van der Waals surface area contributed by atoms with Crippen molar-refractivity contribution in [1.29, 1.82) is 0 Å². The molecule has 1 rings (SSSR count). The molecule has 0 saturated heterocycles. The summed E-state index contributed by atoms with van der Waals surface area (Å²) in [6, 6.07) is 0. The third-order valence-electron chi connectivity index (χ3n) is 2.18. The molecule has 0 bridgehead atoms. The van der Waals surface area contributed by atoms with Crippen LogP contribution in [0.5, 0.6) is 0 Å². The van der Waals surface area contributed by atoms with E-state index in [-0.39, 0.29) is 6.10 Å². The lowest BCUT2D eigenvalue weighted by molar-refractivity contribution is 0.0536. The van der Waals surface area contributed by atoms with Crippen LogP contribution >= 0.6 is 0 Å². The van der Waals surface area contributed by atoms with Crippen molar-refractivity contribution in [3.8, 4) is 0 Å². The van der Waals surface area contributed by atoms with E-state index in [1.165, 1.54) is 0 Å². The van der Waals surface area contributed by atoms with Gasteiger partial charge in [0.25, 0.3) is 0 Å². The highest BCUT2D eigenvalue weighted by molar-refractivity contribution is 5.19. The van der Waals surface area contributed by atoms with Crippen LogP contribution in [0.4, 0.5) is 0 Å². The Morgan fingerprint density at radius 2 is 2.21 bits per heavy atom. The summed E-state index contributed by atoms with van der Waals surface area (Å²) < 4.78 is 10.7. The van der Waals surface area contributed by atoms with Gasteiger partial charge in [0.1, 0.15) is 5.76 Å². The largest absolute Gasteiger partial charge is 0.372 e. The number of nitrogens with zero attached hydrogens (tertiary/aromatic N) is 1. The topological polar surface area (TPSA) is 47.3 Å². The van der Waals surface area contributed by atoms with E-state index in [1.807, 2.05) is 27.8 Å². The second-order valence-electron chi connectivity index (χ2n) is 3.48. The number of nitrogens with one attached hydrogen (secondary N) is 1. The summed E-state index contributed by atoms with van der Waals surface area (Å²) >= 11 is 0. The Hall–Kier alpha value is -0.870. The molecule has 0 spiro atoms. The fourth-order valence-electron chi connectivity index (χ4n) is 1.28. The van der Waals surface area contributed by atoms with E-state index >= 15 is 0 Å². The van der Waals surface area contributed by atoms with Crippen molar-refractivity contribution < 1.29 is 9.26 Å². The average molecular weight is 198 g/mol. The van der Waals surface area contributed by atoms with Gasteiger partial charge in [-0.05, 0) is 27.8 Å². The quantitative estimate of drug-likeness (QED) is 0.777. The normalized spacial score (nSPS) is 13.1. The first-order valence-corrected chi connectivity index (χ1v) is 4.83. The van der Waals surface area contributed by atoms with Gasteiger partial charge >= 0.3 is 0 Å². The van der Waals surface area contributed by atoms with Crippen molar-refractivity contribution >= 4 is 0 Å². The SMILES string of the molecule is CNCC(C)OCc1c(C)noc1C. The maximum Gasteiger partial charge on any atom is 0.139 e. The van der Waals surface area contributed by atoms with Crippen molar-refractivity contribution in [2.24, 2.45) is 0 Å². The summed E-state index contributed by atoms with van der Waals surface area (Å²) in [5.74, 6) is 0.846. The maximum atomic E-state index is 5.63. The molecule has 14 heavy (non-hydrogen) atoms. The first kappa shape index (κ1) is 11.2. The number of ether oxygens (including phenoxy) is 1. The fourth-order valence-corrected chi connectivity index (χ4v) is 1.28. The molecule has 1 aromatic rings. The van der Waals surface area contributed by atoms with Crippen LogP contribution in [0.15, 0.2) is 4.52 Å².